The number of hydrogen-bond donors (Lipinski definition) is 3. The van der Waals surface area contributed by atoms with Crippen molar-refractivity contribution >= 4 is 35.5 Å². The van der Waals surface area contributed by atoms with Crippen LogP contribution in [0.1, 0.15) is 5.69 Å². The molecule has 5 N–H and O–H groups in total. The average molecular weight is 475 g/mol. The fourth-order valence-corrected chi connectivity index (χ4v) is 2.90. The average Bonchev–Trinajstić information content (AvgIpc) is 2.74. The zero-order valence-electron chi connectivity index (χ0n) is 16.9. The van der Waals surface area contributed by atoms with Crippen LogP contribution in [0.5, 0.6) is 11.5 Å². The van der Waals surface area contributed by atoms with E-state index in [0.717, 1.165) is 17.8 Å². The van der Waals surface area contributed by atoms with Crippen molar-refractivity contribution in [3.05, 3.63) is 78.6 Å². The lowest BCUT2D eigenvalue weighted by molar-refractivity contribution is -0.141. The highest BCUT2D eigenvalue weighted by Crippen LogP contribution is 2.31. The fourth-order valence-electron chi connectivity index (χ4n) is 2.90. The van der Waals surface area contributed by atoms with Crippen molar-refractivity contribution in [2.24, 2.45) is 0 Å². The maximum absolute atomic E-state index is 12.8. The molecule has 0 unspecified atom stereocenters. The van der Waals surface area contributed by atoms with Crippen LogP contribution >= 0.6 is 12.4 Å². The largest absolute Gasteiger partial charge is 0.457 e. The SMILES string of the molecule is Cl.Nc1cccc(-c2cc(Nc3ccc(Oc4ccnc(C(F)(F)F)c4)cc3)nc(N)n2)c1. The topological polar surface area (TPSA) is 112 Å². The molecule has 170 valence electrons. The summed E-state index contributed by atoms with van der Waals surface area (Å²) in [5.41, 5.74) is 13.3. The minimum Gasteiger partial charge on any atom is -0.457 e. The summed E-state index contributed by atoms with van der Waals surface area (Å²) in [4.78, 5) is 11.7. The number of halogens is 4. The maximum Gasteiger partial charge on any atom is 0.433 e. The van der Waals surface area contributed by atoms with E-state index >= 15 is 0 Å². The smallest absolute Gasteiger partial charge is 0.433 e. The van der Waals surface area contributed by atoms with Crippen LogP contribution in [0.15, 0.2) is 72.9 Å². The maximum atomic E-state index is 12.8. The molecular weight excluding hydrogens is 457 g/mol. The second-order valence-electron chi connectivity index (χ2n) is 6.75. The van der Waals surface area contributed by atoms with E-state index in [-0.39, 0.29) is 24.1 Å². The van der Waals surface area contributed by atoms with Crippen molar-refractivity contribution in [1.29, 1.82) is 0 Å². The molecule has 7 nitrogen and oxygen atoms in total. The predicted molar refractivity (Wildman–Crippen MR) is 123 cm³/mol. The Bertz CT molecular complexity index is 1250. The molecule has 2 aromatic carbocycles. The highest BCUT2D eigenvalue weighted by Gasteiger charge is 2.32. The van der Waals surface area contributed by atoms with Crippen molar-refractivity contribution in [2.75, 3.05) is 16.8 Å². The van der Waals surface area contributed by atoms with Crippen molar-refractivity contribution in [1.82, 2.24) is 15.0 Å². The van der Waals surface area contributed by atoms with E-state index in [2.05, 4.69) is 20.3 Å². The number of benzene rings is 2. The summed E-state index contributed by atoms with van der Waals surface area (Å²) in [6, 6.07) is 17.8. The van der Waals surface area contributed by atoms with E-state index in [1.54, 1.807) is 42.5 Å². The zero-order chi connectivity index (χ0) is 22.7. The Kier molecular flexibility index (Phi) is 6.88. The van der Waals surface area contributed by atoms with Gasteiger partial charge in [-0.25, -0.2) is 4.98 Å². The molecule has 0 spiro atoms. The Morgan fingerprint density at radius 3 is 2.30 bits per heavy atom. The van der Waals surface area contributed by atoms with Gasteiger partial charge < -0.3 is 21.5 Å². The second kappa shape index (κ2) is 9.61. The minimum absolute atomic E-state index is 0. The summed E-state index contributed by atoms with van der Waals surface area (Å²) >= 11 is 0. The first-order chi connectivity index (χ1) is 15.3. The zero-order valence-corrected chi connectivity index (χ0v) is 17.7. The normalized spacial score (nSPS) is 10.9. The van der Waals surface area contributed by atoms with E-state index in [1.807, 2.05) is 12.1 Å². The Morgan fingerprint density at radius 2 is 1.61 bits per heavy atom. The lowest BCUT2D eigenvalue weighted by Crippen LogP contribution is -2.07. The molecule has 4 rings (SSSR count). The van der Waals surface area contributed by atoms with Crippen molar-refractivity contribution in [3.8, 4) is 22.8 Å². The summed E-state index contributed by atoms with van der Waals surface area (Å²) in [6.07, 6.45) is -3.50. The Morgan fingerprint density at radius 1 is 0.848 bits per heavy atom. The molecular formula is C22H18ClF3N6O. The Labute approximate surface area is 193 Å². The first-order valence-corrected chi connectivity index (χ1v) is 9.35. The molecule has 0 saturated heterocycles. The number of anilines is 4. The van der Waals surface area contributed by atoms with Crippen LogP contribution in [0.4, 0.5) is 36.3 Å². The molecule has 0 fully saturated rings. The number of ether oxygens (including phenoxy) is 1. The third-order valence-electron chi connectivity index (χ3n) is 4.31. The monoisotopic (exact) mass is 474 g/mol. The number of nitrogens with two attached hydrogens (primary N) is 2. The number of nitrogens with zero attached hydrogens (tertiary/aromatic N) is 3. The van der Waals surface area contributed by atoms with Gasteiger partial charge >= 0.3 is 6.18 Å². The summed E-state index contributed by atoms with van der Waals surface area (Å²) in [6.45, 7) is 0. The second-order valence-corrected chi connectivity index (χ2v) is 6.75. The fraction of sp³-hybridized carbons (Fsp3) is 0.0455. The molecule has 2 aromatic heterocycles. The van der Waals surface area contributed by atoms with Gasteiger partial charge in [-0.2, -0.15) is 18.2 Å². The predicted octanol–water partition coefficient (Wildman–Crippen LogP) is 5.68. The highest BCUT2D eigenvalue weighted by molar-refractivity contribution is 5.85. The molecule has 33 heavy (non-hydrogen) atoms. The van der Waals surface area contributed by atoms with Gasteiger partial charge in [-0.15, -0.1) is 12.4 Å². The van der Waals surface area contributed by atoms with Gasteiger partial charge in [-0.05, 0) is 42.5 Å². The molecule has 0 amide bonds. The van der Waals surface area contributed by atoms with E-state index in [4.69, 9.17) is 16.2 Å². The summed E-state index contributed by atoms with van der Waals surface area (Å²) in [5.74, 6) is 0.944. The van der Waals surface area contributed by atoms with Gasteiger partial charge in [0, 0.05) is 35.3 Å². The van der Waals surface area contributed by atoms with Gasteiger partial charge in [0.05, 0.1) is 5.69 Å². The molecule has 0 saturated carbocycles. The number of alkyl halides is 3. The molecule has 2 heterocycles. The van der Waals surface area contributed by atoms with Crippen LogP contribution < -0.4 is 21.5 Å². The standard InChI is InChI=1S/C22H17F3N6O.ClH/c23-22(24,25)19-11-17(8-9-28-19)32-16-6-4-15(5-7-16)29-20-12-18(30-21(27)31-20)13-2-1-3-14(26)10-13;/h1-12H,26H2,(H3,27,29,30,31);1H. The molecule has 4 aromatic rings. The molecule has 0 aliphatic carbocycles. The van der Waals surface area contributed by atoms with Crippen LogP contribution in [0.25, 0.3) is 11.3 Å². The molecule has 0 radical (unpaired) electrons. The van der Waals surface area contributed by atoms with Crippen LogP contribution in [0, 0.1) is 0 Å². The van der Waals surface area contributed by atoms with E-state index in [0.29, 0.717) is 28.6 Å². The number of aromatic nitrogens is 3. The van der Waals surface area contributed by atoms with Crippen LogP contribution in [-0.4, -0.2) is 15.0 Å². The summed E-state index contributed by atoms with van der Waals surface area (Å²) < 4.78 is 43.9. The van der Waals surface area contributed by atoms with Gasteiger partial charge in [-0.1, -0.05) is 12.1 Å². The van der Waals surface area contributed by atoms with Gasteiger partial charge in [0.15, 0.2) is 0 Å². The van der Waals surface area contributed by atoms with Crippen molar-refractivity contribution in [3.63, 3.8) is 0 Å². The van der Waals surface area contributed by atoms with Crippen LogP contribution in [-0.2, 0) is 6.18 Å². The number of nitrogen functional groups attached to an aromatic ring is 2. The van der Waals surface area contributed by atoms with Gasteiger partial charge in [0.2, 0.25) is 5.95 Å². The van der Waals surface area contributed by atoms with Gasteiger partial charge in [-0.3, -0.25) is 4.98 Å². The van der Waals surface area contributed by atoms with Crippen molar-refractivity contribution < 1.29 is 17.9 Å². The number of nitrogens with one attached hydrogen (secondary N) is 1. The third kappa shape index (κ3) is 6.01. The molecule has 0 atom stereocenters. The van der Waals surface area contributed by atoms with Gasteiger partial charge in [0.1, 0.15) is 23.0 Å². The summed E-state index contributed by atoms with van der Waals surface area (Å²) in [7, 11) is 0. The quantitative estimate of drug-likeness (QED) is 0.319. The Hall–Kier alpha value is -4.05. The van der Waals surface area contributed by atoms with Crippen molar-refractivity contribution in [2.45, 2.75) is 6.18 Å². The molecule has 11 heteroatoms. The van der Waals surface area contributed by atoms with E-state index in [1.165, 1.54) is 6.07 Å². The first-order valence-electron chi connectivity index (χ1n) is 9.35. The lowest BCUT2D eigenvalue weighted by atomic mass is 10.1. The lowest BCUT2D eigenvalue weighted by Gasteiger charge is -2.11. The van der Waals surface area contributed by atoms with E-state index in [9.17, 15) is 13.2 Å². The van der Waals surface area contributed by atoms with Crippen LogP contribution in [0.2, 0.25) is 0 Å². The number of hydrogen-bond acceptors (Lipinski definition) is 7. The molecule has 0 aliphatic rings. The van der Waals surface area contributed by atoms with Crippen LogP contribution in [0.3, 0.4) is 0 Å². The minimum atomic E-state index is -4.54. The number of rotatable bonds is 5. The highest BCUT2D eigenvalue weighted by atomic mass is 35.5. The Balaban J connectivity index is 0.00000306. The van der Waals surface area contributed by atoms with E-state index < -0.39 is 11.9 Å². The molecule has 0 aliphatic heterocycles. The first kappa shape index (κ1) is 23.6. The molecule has 0 bridgehead atoms. The van der Waals surface area contributed by atoms with Gasteiger partial charge in [0.25, 0.3) is 0 Å². The third-order valence-corrected chi connectivity index (χ3v) is 4.31. The summed E-state index contributed by atoms with van der Waals surface area (Å²) in [5, 5.41) is 3.11. The number of pyridine rings is 1.